The van der Waals surface area contributed by atoms with Crippen molar-refractivity contribution in [2.75, 3.05) is 26.2 Å². The van der Waals surface area contributed by atoms with E-state index >= 15 is 0 Å². The van der Waals surface area contributed by atoms with Gasteiger partial charge in [0.1, 0.15) is 54.4 Å². The first-order chi connectivity index (χ1) is 38.6. The second kappa shape index (κ2) is 38.6. The molecule has 1 fully saturated rings. The normalized spacial score (nSPS) is 16.7. The molecule has 0 aromatic heterocycles. The van der Waals surface area contributed by atoms with E-state index in [1.54, 1.807) is 27.7 Å². The summed E-state index contributed by atoms with van der Waals surface area (Å²) < 4.78 is 0. The zero-order chi connectivity index (χ0) is 62.2. The van der Waals surface area contributed by atoms with Crippen LogP contribution in [0.3, 0.4) is 0 Å². The second-order valence-corrected chi connectivity index (χ2v) is 21.3. The molecule has 0 aliphatic carbocycles. The Balaban J connectivity index is 3.41. The lowest BCUT2D eigenvalue weighted by molar-refractivity contribution is -0.145. The van der Waals surface area contributed by atoms with Gasteiger partial charge in [-0.15, -0.1) is 0 Å². The van der Waals surface area contributed by atoms with Gasteiger partial charge in [0.2, 0.25) is 70.9 Å². The molecule has 23 N–H and O–H groups in total. The molecule has 466 valence electrons. The van der Waals surface area contributed by atoms with Gasteiger partial charge in [-0.2, -0.15) is 0 Å². The molecular weight excluding hydrogens is 1070 g/mol. The molecule has 0 aromatic carbocycles. The lowest BCUT2D eigenvalue weighted by Gasteiger charge is -2.31. The van der Waals surface area contributed by atoms with Crippen molar-refractivity contribution in [3.63, 3.8) is 0 Å². The maximum absolute atomic E-state index is 14.2. The zero-order valence-electron chi connectivity index (χ0n) is 48.2. The third-order valence-corrected chi connectivity index (χ3v) is 13.8. The lowest BCUT2D eigenvalue weighted by atomic mass is 9.97. The number of unbranched alkanes of at least 4 members (excludes halogenated alkanes) is 3. The molecule has 12 amide bonds. The number of aliphatic carboxylic acids is 1. The smallest absolute Gasteiger partial charge is 0.326 e. The van der Waals surface area contributed by atoms with E-state index < -0.39 is 150 Å². The molecular formula is C52H94N16O14. The Morgan fingerprint density at radius 2 is 0.976 bits per heavy atom. The van der Waals surface area contributed by atoms with Crippen molar-refractivity contribution in [2.24, 2.45) is 52.0 Å². The molecule has 1 aliphatic heterocycles. The third-order valence-electron chi connectivity index (χ3n) is 13.8. The number of hydrogen-bond acceptors (Lipinski definition) is 17. The maximum Gasteiger partial charge on any atom is 0.326 e. The monoisotopic (exact) mass is 1170 g/mol. The first kappa shape index (κ1) is 73.0. The van der Waals surface area contributed by atoms with Crippen LogP contribution in [-0.4, -0.2) is 173 Å². The number of carbonyl (C=O) groups is 13. The third kappa shape index (κ3) is 27.1. The van der Waals surface area contributed by atoms with Crippen LogP contribution in [0.2, 0.25) is 0 Å². The van der Waals surface area contributed by atoms with Crippen LogP contribution in [0, 0.1) is 11.8 Å². The molecule has 0 radical (unpaired) electrons. The molecule has 1 aliphatic rings. The highest BCUT2D eigenvalue weighted by Crippen LogP contribution is 2.21. The number of primary amides is 3. The molecule has 1 rings (SSSR count). The van der Waals surface area contributed by atoms with E-state index in [4.69, 9.17) is 40.1 Å². The predicted octanol–water partition coefficient (Wildman–Crippen LogP) is -4.83. The number of carbonyl (C=O) groups excluding carboxylic acids is 12. The summed E-state index contributed by atoms with van der Waals surface area (Å²) in [4.78, 5) is 173. The summed E-state index contributed by atoms with van der Waals surface area (Å²) in [7, 11) is 0. The summed E-state index contributed by atoms with van der Waals surface area (Å²) >= 11 is 0. The summed E-state index contributed by atoms with van der Waals surface area (Å²) in [5.41, 5.74) is 39.0. The number of likely N-dealkylation sites (tertiary alicyclic amines) is 1. The number of carboxylic acid groups (broad SMARTS) is 1. The van der Waals surface area contributed by atoms with Crippen molar-refractivity contribution in [1.82, 2.24) is 47.4 Å². The number of rotatable bonds is 42. The Hall–Kier alpha value is -7.05. The summed E-state index contributed by atoms with van der Waals surface area (Å²) in [6.45, 7) is 9.05. The van der Waals surface area contributed by atoms with Gasteiger partial charge in [-0.05, 0) is 128 Å². The van der Waals surface area contributed by atoms with Gasteiger partial charge in [0.05, 0.1) is 12.5 Å². The van der Waals surface area contributed by atoms with Crippen molar-refractivity contribution in [3.8, 4) is 0 Å². The number of hydrogen-bond donors (Lipinski definition) is 16. The molecule has 0 aromatic rings. The van der Waals surface area contributed by atoms with Crippen LogP contribution in [0.4, 0.5) is 0 Å². The van der Waals surface area contributed by atoms with Crippen LogP contribution < -0.4 is 82.7 Å². The summed E-state index contributed by atoms with van der Waals surface area (Å²) in [5, 5.41) is 30.2. The van der Waals surface area contributed by atoms with Gasteiger partial charge < -0.3 is 92.7 Å². The van der Waals surface area contributed by atoms with E-state index in [1.165, 1.54) is 11.8 Å². The van der Waals surface area contributed by atoms with Crippen LogP contribution in [0.5, 0.6) is 0 Å². The van der Waals surface area contributed by atoms with Gasteiger partial charge in [0.15, 0.2) is 0 Å². The average molecular weight is 1170 g/mol. The quantitative estimate of drug-likeness (QED) is 0.0255. The first-order valence-electron chi connectivity index (χ1n) is 28.3. The predicted molar refractivity (Wildman–Crippen MR) is 300 cm³/mol. The maximum atomic E-state index is 14.2. The topological polar surface area (TPSA) is 524 Å². The zero-order valence-corrected chi connectivity index (χ0v) is 48.2. The summed E-state index contributed by atoms with van der Waals surface area (Å²) in [5.74, 6) is -12.1. The number of nitrogens with one attached hydrogen (secondary N) is 8. The van der Waals surface area contributed by atoms with E-state index in [2.05, 4.69) is 42.5 Å². The fourth-order valence-corrected chi connectivity index (χ4v) is 8.85. The molecule has 0 spiro atoms. The minimum atomic E-state index is -1.66. The Morgan fingerprint density at radius 1 is 0.512 bits per heavy atom. The van der Waals surface area contributed by atoms with Crippen LogP contribution >= 0.6 is 0 Å². The number of amides is 12. The fraction of sp³-hybridized carbons (Fsp3) is 0.750. The number of nitrogens with zero attached hydrogens (tertiary/aromatic N) is 1. The molecule has 30 heteroatoms. The van der Waals surface area contributed by atoms with Crippen LogP contribution in [0.15, 0.2) is 0 Å². The van der Waals surface area contributed by atoms with Gasteiger partial charge in [-0.25, -0.2) is 4.79 Å². The summed E-state index contributed by atoms with van der Waals surface area (Å²) in [6, 6.07) is -13.3. The Bertz CT molecular complexity index is 2170. The van der Waals surface area contributed by atoms with Crippen LogP contribution in [0.1, 0.15) is 150 Å². The van der Waals surface area contributed by atoms with E-state index in [-0.39, 0.29) is 89.8 Å². The van der Waals surface area contributed by atoms with E-state index in [0.29, 0.717) is 51.5 Å². The van der Waals surface area contributed by atoms with E-state index in [0.717, 1.165) is 0 Å². The lowest BCUT2D eigenvalue weighted by Crippen LogP contribution is -2.61. The standard InChI is InChI=1S/C52H94N16O14/c1-6-29(4)42(67-44(73)31(56)18-20-39(57)69)50(79)66-37(27-41(59)71)48(77)61-32(14-7-10-22-53)45(74)60-30(5)43(72)65-36(26-28(2)3)47(76)62-33(15-8-11-23-54)46(75)63-34(19-21-40(58)70)51(80)68-25-13-17-38(68)49(78)64-35(52(81)82)16-9-12-24-55/h28-38,42H,6-27,53-56H2,1-5H3,(H2,57,69)(H2,58,70)(H2,59,71)(H,60,74)(H,61,77)(H,62,76)(H,63,75)(H,64,78)(H,65,72)(H,66,79)(H,67,73)(H,81,82)/t29-,30-,31-,32-,33-,34-,35-,36-,37-,38-,42-/m0/s1. The molecule has 0 bridgehead atoms. The molecule has 0 saturated carbocycles. The molecule has 1 heterocycles. The highest BCUT2D eigenvalue weighted by Gasteiger charge is 2.40. The Kier molecular flexibility index (Phi) is 34.4. The van der Waals surface area contributed by atoms with Crippen molar-refractivity contribution in [3.05, 3.63) is 0 Å². The highest BCUT2D eigenvalue weighted by molar-refractivity contribution is 5.99. The van der Waals surface area contributed by atoms with Gasteiger partial charge in [0, 0.05) is 19.4 Å². The SMILES string of the molecule is CC[C@H](C)[C@H](NC(=O)[C@@H](N)CCC(N)=O)C(=O)N[C@@H](CC(N)=O)C(=O)N[C@@H](CCCCN)C(=O)N[C@@H](C)C(=O)N[C@@H](CC(C)C)C(=O)N[C@@H](CCCCN)C(=O)N[C@@H](CCC(N)=O)C(=O)N1CCC[C@H]1C(=O)N[C@@H](CCCCN)C(=O)O. The molecule has 11 atom stereocenters. The molecule has 30 nitrogen and oxygen atoms in total. The fourth-order valence-electron chi connectivity index (χ4n) is 8.85. The largest absolute Gasteiger partial charge is 0.480 e. The van der Waals surface area contributed by atoms with Gasteiger partial charge in [0.25, 0.3) is 0 Å². The summed E-state index contributed by atoms with van der Waals surface area (Å²) in [6.07, 6.45) is 1.69. The second-order valence-electron chi connectivity index (χ2n) is 21.3. The average Bonchev–Trinajstić information content (AvgIpc) is 4.05. The van der Waals surface area contributed by atoms with Crippen molar-refractivity contribution in [2.45, 2.75) is 211 Å². The van der Waals surface area contributed by atoms with Crippen molar-refractivity contribution in [1.29, 1.82) is 0 Å². The van der Waals surface area contributed by atoms with Crippen LogP contribution in [-0.2, 0) is 62.3 Å². The Labute approximate surface area is 479 Å². The van der Waals surface area contributed by atoms with Gasteiger partial charge >= 0.3 is 5.97 Å². The number of carboxylic acids is 1. The number of nitrogens with two attached hydrogens (primary N) is 7. The van der Waals surface area contributed by atoms with Gasteiger partial charge in [-0.3, -0.25) is 57.5 Å². The minimum Gasteiger partial charge on any atom is -0.480 e. The minimum absolute atomic E-state index is 0.000422. The van der Waals surface area contributed by atoms with Crippen molar-refractivity contribution < 1.29 is 67.4 Å². The Morgan fingerprint density at radius 3 is 1.46 bits per heavy atom. The molecule has 0 unspecified atom stereocenters. The van der Waals surface area contributed by atoms with Gasteiger partial charge in [-0.1, -0.05) is 34.1 Å². The first-order valence-corrected chi connectivity index (χ1v) is 28.3. The van der Waals surface area contributed by atoms with E-state index in [9.17, 15) is 67.4 Å². The van der Waals surface area contributed by atoms with Crippen LogP contribution in [0.25, 0.3) is 0 Å². The molecule has 82 heavy (non-hydrogen) atoms. The highest BCUT2D eigenvalue weighted by atomic mass is 16.4. The van der Waals surface area contributed by atoms with Crippen molar-refractivity contribution >= 4 is 76.9 Å². The van der Waals surface area contributed by atoms with E-state index in [1.807, 2.05) is 0 Å². The molecule has 1 saturated heterocycles.